The maximum atomic E-state index is 11.0. The minimum absolute atomic E-state index is 0.639. The number of hydrogen-bond donors (Lipinski definition) is 4. The predicted octanol–water partition coefficient (Wildman–Crippen LogP) is -2.60. The summed E-state index contributed by atoms with van der Waals surface area (Å²) in [7, 11) is -4.55. The number of rotatable bonds is 5. The fourth-order valence-corrected chi connectivity index (χ4v) is 2.82. The summed E-state index contributed by atoms with van der Waals surface area (Å²) in [6, 6.07) is 0. The molecule has 0 amide bonds. The van der Waals surface area contributed by atoms with E-state index >= 15 is 0 Å². The molecule has 0 saturated carbocycles. The average Bonchev–Trinajstić information content (AvgIpc) is 2.13. The van der Waals surface area contributed by atoms with Gasteiger partial charge in [0.1, 0.15) is 0 Å². The summed E-state index contributed by atoms with van der Waals surface area (Å²) >= 11 is 0.747. The Balaban J connectivity index is 5.45. The van der Waals surface area contributed by atoms with E-state index in [9.17, 15) is 8.42 Å². The van der Waals surface area contributed by atoms with Crippen LogP contribution in [0.2, 0.25) is 4.20 Å². The van der Waals surface area contributed by atoms with Crippen LogP contribution in [0.5, 0.6) is 0 Å². The summed E-state index contributed by atoms with van der Waals surface area (Å²) < 4.78 is 27.6. The zero-order valence-electron chi connectivity index (χ0n) is 7.71. The van der Waals surface area contributed by atoms with Crippen LogP contribution in [-0.2, 0) is 10.1 Å². The molecule has 2 atom stereocenters. The standard InChI is InChI=1S/C6H15AsO6S/c1-5(2-8,14(11,12)13)6(7,3-9)4-10/h8-10H,2-4,7H2,1H3,(H,11,12,13). The Hall–Kier alpha value is 0.348. The summed E-state index contributed by atoms with van der Waals surface area (Å²) in [5.41, 5.74) is 0. The third-order valence-electron chi connectivity index (χ3n) is 2.49. The van der Waals surface area contributed by atoms with Crippen LogP contribution in [0.1, 0.15) is 6.92 Å². The molecule has 0 saturated heterocycles. The SMILES string of the molecule is CC(CO)(C([AsH2])(CO)CO)S(=O)(=O)O. The number of hydrogen-bond acceptors (Lipinski definition) is 5. The Kier molecular flexibility index (Phi) is 4.58. The quantitative estimate of drug-likeness (QED) is 0.326. The predicted molar refractivity (Wildman–Crippen MR) is 52.4 cm³/mol. The van der Waals surface area contributed by atoms with E-state index < -0.39 is 38.9 Å². The van der Waals surface area contributed by atoms with Gasteiger partial charge in [-0.25, -0.2) is 0 Å². The average molecular weight is 290 g/mol. The van der Waals surface area contributed by atoms with Gasteiger partial charge in [-0.3, -0.25) is 0 Å². The van der Waals surface area contributed by atoms with Gasteiger partial charge in [-0.05, 0) is 0 Å². The molecule has 0 aromatic rings. The summed E-state index contributed by atoms with van der Waals surface area (Å²) in [6.07, 6.45) is 0. The van der Waals surface area contributed by atoms with Crippen molar-refractivity contribution in [3.63, 3.8) is 0 Å². The van der Waals surface area contributed by atoms with Gasteiger partial charge in [0, 0.05) is 0 Å². The van der Waals surface area contributed by atoms with E-state index in [-0.39, 0.29) is 0 Å². The molecule has 0 aliphatic carbocycles. The van der Waals surface area contributed by atoms with Crippen LogP contribution < -0.4 is 0 Å². The summed E-state index contributed by atoms with van der Waals surface area (Å²) in [5.74, 6) is 0. The molecule has 0 rings (SSSR count). The van der Waals surface area contributed by atoms with Gasteiger partial charge in [-0.2, -0.15) is 0 Å². The van der Waals surface area contributed by atoms with Gasteiger partial charge in [0.2, 0.25) is 0 Å². The first-order chi connectivity index (χ1) is 6.18. The van der Waals surface area contributed by atoms with Crippen molar-refractivity contribution < 1.29 is 28.3 Å². The molecule has 0 radical (unpaired) electrons. The second kappa shape index (κ2) is 4.47. The normalized spacial score (nSPS) is 17.9. The van der Waals surface area contributed by atoms with Gasteiger partial charge < -0.3 is 0 Å². The first kappa shape index (κ1) is 14.3. The van der Waals surface area contributed by atoms with Crippen LogP contribution in [-0.4, -0.2) is 69.7 Å². The third-order valence-corrected chi connectivity index (χ3v) is 6.70. The van der Waals surface area contributed by atoms with Crippen LogP contribution in [0.4, 0.5) is 0 Å². The monoisotopic (exact) mass is 290 g/mol. The van der Waals surface area contributed by atoms with E-state index in [4.69, 9.17) is 19.9 Å². The minimum atomic E-state index is -4.55. The van der Waals surface area contributed by atoms with Gasteiger partial charge >= 0.3 is 91.0 Å². The van der Waals surface area contributed by atoms with Crippen molar-refractivity contribution in [1.82, 2.24) is 0 Å². The van der Waals surface area contributed by atoms with Crippen molar-refractivity contribution in [3.05, 3.63) is 0 Å². The zero-order chi connectivity index (χ0) is 11.6. The van der Waals surface area contributed by atoms with Crippen molar-refractivity contribution in [3.8, 4) is 0 Å². The fourth-order valence-electron chi connectivity index (χ4n) is 0.880. The Morgan fingerprint density at radius 3 is 1.57 bits per heavy atom. The molecule has 0 aliphatic rings. The molecule has 0 bridgehead atoms. The van der Waals surface area contributed by atoms with E-state index in [0.717, 1.165) is 23.8 Å². The molecule has 2 unspecified atom stereocenters. The summed E-state index contributed by atoms with van der Waals surface area (Å²) in [4.78, 5) is 0. The molecule has 0 heterocycles. The van der Waals surface area contributed by atoms with E-state index in [1.807, 2.05) is 0 Å². The second-order valence-electron chi connectivity index (χ2n) is 3.34. The molecule has 6 nitrogen and oxygen atoms in total. The fraction of sp³-hybridized carbons (Fsp3) is 1.00. The van der Waals surface area contributed by atoms with E-state index in [1.54, 1.807) is 0 Å². The molecule has 0 aromatic heterocycles. The van der Waals surface area contributed by atoms with Gasteiger partial charge in [0.05, 0.1) is 0 Å². The molecule has 14 heavy (non-hydrogen) atoms. The topological polar surface area (TPSA) is 115 Å². The Morgan fingerprint density at radius 1 is 1.14 bits per heavy atom. The Morgan fingerprint density at radius 2 is 1.50 bits per heavy atom. The Bertz CT molecular complexity index is 285. The summed E-state index contributed by atoms with van der Waals surface area (Å²) in [5, 5.41) is 26.9. The third kappa shape index (κ3) is 2.13. The van der Waals surface area contributed by atoms with Crippen LogP contribution in [0, 0.1) is 0 Å². The van der Waals surface area contributed by atoms with Gasteiger partial charge in [-0.15, -0.1) is 0 Å². The van der Waals surface area contributed by atoms with Crippen LogP contribution in [0.15, 0.2) is 0 Å². The van der Waals surface area contributed by atoms with Gasteiger partial charge in [0.25, 0.3) is 0 Å². The summed E-state index contributed by atoms with van der Waals surface area (Å²) in [6.45, 7) is -1.07. The second-order valence-corrected chi connectivity index (χ2v) is 7.51. The van der Waals surface area contributed by atoms with Crippen molar-refractivity contribution in [2.24, 2.45) is 0 Å². The van der Waals surface area contributed by atoms with E-state index in [1.165, 1.54) is 0 Å². The van der Waals surface area contributed by atoms with E-state index in [0.29, 0.717) is 0 Å². The molecule has 8 heteroatoms. The maximum absolute atomic E-state index is 11.0. The zero-order valence-corrected chi connectivity index (χ0v) is 11.0. The van der Waals surface area contributed by atoms with E-state index in [2.05, 4.69) is 0 Å². The molecule has 0 aromatic carbocycles. The molecule has 4 N–H and O–H groups in total. The Labute approximate surface area is 91.2 Å². The van der Waals surface area contributed by atoms with Crippen molar-refractivity contribution in [2.45, 2.75) is 15.9 Å². The molecule has 0 aliphatic heterocycles. The van der Waals surface area contributed by atoms with Crippen molar-refractivity contribution in [2.75, 3.05) is 19.8 Å². The van der Waals surface area contributed by atoms with Crippen molar-refractivity contribution >= 4 is 27.0 Å². The first-order valence-electron chi connectivity index (χ1n) is 3.77. The molecule has 0 fully saturated rings. The molecular weight excluding hydrogens is 275 g/mol. The number of aliphatic hydroxyl groups excluding tert-OH is 3. The molecule has 86 valence electrons. The van der Waals surface area contributed by atoms with Crippen LogP contribution in [0.3, 0.4) is 0 Å². The van der Waals surface area contributed by atoms with Gasteiger partial charge in [-0.1, -0.05) is 0 Å². The molecular formula is C6H15AsO6S. The number of aliphatic hydroxyl groups is 3. The van der Waals surface area contributed by atoms with Crippen LogP contribution in [0.25, 0.3) is 0 Å². The first-order valence-corrected chi connectivity index (χ1v) is 6.42. The van der Waals surface area contributed by atoms with Gasteiger partial charge in [0.15, 0.2) is 0 Å². The van der Waals surface area contributed by atoms with Crippen molar-refractivity contribution in [1.29, 1.82) is 0 Å². The molecule has 0 spiro atoms. The van der Waals surface area contributed by atoms with Crippen LogP contribution >= 0.6 is 0 Å².